The van der Waals surface area contributed by atoms with Gasteiger partial charge in [-0.3, -0.25) is 0 Å². The molecule has 0 bridgehead atoms. The minimum absolute atomic E-state index is 0.149. The van der Waals surface area contributed by atoms with Gasteiger partial charge < -0.3 is 5.32 Å². The van der Waals surface area contributed by atoms with Gasteiger partial charge in [0.2, 0.25) is 0 Å². The first kappa shape index (κ1) is 10.6. The van der Waals surface area contributed by atoms with E-state index in [-0.39, 0.29) is 17.5 Å². The molecule has 1 saturated heterocycles. The van der Waals surface area contributed by atoms with Crippen LogP contribution in [0.15, 0.2) is 0 Å². The first-order valence-corrected chi connectivity index (χ1v) is 8.05. The van der Waals surface area contributed by atoms with Crippen molar-refractivity contribution in [2.75, 3.05) is 18.1 Å². The Morgan fingerprint density at radius 2 is 2.00 bits per heavy atom. The van der Waals surface area contributed by atoms with Gasteiger partial charge in [-0.2, -0.15) is 0 Å². The van der Waals surface area contributed by atoms with Gasteiger partial charge in [0.05, 0.1) is 17.5 Å². The third-order valence-electron chi connectivity index (χ3n) is 2.91. The van der Waals surface area contributed by atoms with Gasteiger partial charge in [-0.25, -0.2) is 8.42 Å². The summed E-state index contributed by atoms with van der Waals surface area (Å²) >= 11 is 1.56. The molecule has 7 heteroatoms. The lowest BCUT2D eigenvalue weighted by atomic mass is 10.3. The van der Waals surface area contributed by atoms with Crippen molar-refractivity contribution in [1.29, 1.82) is 0 Å². The zero-order valence-electron chi connectivity index (χ0n) is 8.72. The van der Waals surface area contributed by atoms with Crippen molar-refractivity contribution in [3.63, 3.8) is 0 Å². The summed E-state index contributed by atoms with van der Waals surface area (Å²) in [6, 6.07) is -0.149. The molecule has 88 valence electrons. The summed E-state index contributed by atoms with van der Waals surface area (Å²) < 4.78 is 23.0. The zero-order valence-corrected chi connectivity index (χ0v) is 10.4. The van der Waals surface area contributed by atoms with Gasteiger partial charge in [-0.15, -0.1) is 10.2 Å². The van der Waals surface area contributed by atoms with E-state index in [1.165, 1.54) is 12.8 Å². The second kappa shape index (κ2) is 3.75. The second-order valence-corrected chi connectivity index (χ2v) is 7.64. The summed E-state index contributed by atoms with van der Waals surface area (Å²) in [4.78, 5) is 0. The number of aromatic nitrogens is 2. The van der Waals surface area contributed by atoms with E-state index >= 15 is 0 Å². The maximum absolute atomic E-state index is 11.5. The van der Waals surface area contributed by atoms with Crippen molar-refractivity contribution in [1.82, 2.24) is 15.5 Å². The molecule has 16 heavy (non-hydrogen) atoms. The van der Waals surface area contributed by atoms with Gasteiger partial charge in [0, 0.05) is 12.5 Å². The van der Waals surface area contributed by atoms with Crippen LogP contribution in [0, 0.1) is 0 Å². The van der Waals surface area contributed by atoms with Crippen LogP contribution in [0.3, 0.4) is 0 Å². The molecule has 1 saturated carbocycles. The van der Waals surface area contributed by atoms with Crippen LogP contribution in [0.25, 0.3) is 0 Å². The summed E-state index contributed by atoms with van der Waals surface area (Å²) in [6.45, 7) is 0.519. The Morgan fingerprint density at radius 3 is 2.69 bits per heavy atom. The molecule has 0 aromatic carbocycles. The van der Waals surface area contributed by atoms with E-state index in [0.717, 1.165) is 10.0 Å². The Labute approximate surface area is 98.2 Å². The van der Waals surface area contributed by atoms with E-state index in [4.69, 9.17) is 0 Å². The number of nitrogens with one attached hydrogen (secondary N) is 1. The van der Waals surface area contributed by atoms with Crippen molar-refractivity contribution in [2.45, 2.75) is 24.8 Å². The Balaban J connectivity index is 1.80. The number of rotatable bonds is 2. The summed E-state index contributed by atoms with van der Waals surface area (Å²) in [5.74, 6) is 0.982. The first-order valence-electron chi connectivity index (χ1n) is 5.41. The van der Waals surface area contributed by atoms with Gasteiger partial charge in [-0.05, 0) is 12.8 Å². The average Bonchev–Trinajstić information content (AvgIpc) is 2.95. The normalized spacial score (nSPS) is 29.1. The highest BCUT2D eigenvalue weighted by molar-refractivity contribution is 7.91. The van der Waals surface area contributed by atoms with Crippen molar-refractivity contribution in [3.05, 3.63) is 10.0 Å². The number of nitrogens with zero attached hydrogens (tertiary/aromatic N) is 2. The van der Waals surface area contributed by atoms with Crippen LogP contribution >= 0.6 is 11.3 Å². The molecule has 2 heterocycles. The third kappa shape index (κ3) is 2.11. The standard InChI is InChI=1S/C9H13N3O2S2/c13-16(14)4-3-10-7(5-16)9-12-11-8(15-9)6-1-2-6/h6-7,10H,1-5H2. The van der Waals surface area contributed by atoms with Crippen LogP contribution in [-0.2, 0) is 9.84 Å². The van der Waals surface area contributed by atoms with Crippen LogP contribution in [0.4, 0.5) is 0 Å². The molecule has 2 aliphatic rings. The van der Waals surface area contributed by atoms with Crippen LogP contribution in [0.1, 0.15) is 34.8 Å². The highest BCUT2D eigenvalue weighted by Gasteiger charge is 2.31. The van der Waals surface area contributed by atoms with E-state index < -0.39 is 9.84 Å². The lowest BCUT2D eigenvalue weighted by Crippen LogP contribution is -2.39. The minimum atomic E-state index is -2.90. The molecule has 5 nitrogen and oxygen atoms in total. The fourth-order valence-electron chi connectivity index (χ4n) is 1.83. The van der Waals surface area contributed by atoms with E-state index in [1.807, 2.05) is 0 Å². The molecule has 1 aromatic heterocycles. The lowest BCUT2D eigenvalue weighted by Gasteiger charge is -2.21. The highest BCUT2D eigenvalue weighted by Crippen LogP contribution is 2.42. The monoisotopic (exact) mass is 259 g/mol. The SMILES string of the molecule is O=S1(=O)CCNC(c2nnc(C3CC3)s2)C1. The van der Waals surface area contributed by atoms with Gasteiger partial charge in [0.15, 0.2) is 9.84 Å². The largest absolute Gasteiger partial charge is 0.306 e. The first-order chi connectivity index (χ1) is 7.64. The van der Waals surface area contributed by atoms with E-state index in [0.29, 0.717) is 12.5 Å². The third-order valence-corrected chi connectivity index (χ3v) is 5.77. The van der Waals surface area contributed by atoms with Gasteiger partial charge in [-0.1, -0.05) is 11.3 Å². The van der Waals surface area contributed by atoms with E-state index in [1.54, 1.807) is 11.3 Å². The molecule has 1 aromatic rings. The topological polar surface area (TPSA) is 72.0 Å². The van der Waals surface area contributed by atoms with E-state index in [2.05, 4.69) is 15.5 Å². The molecule has 1 atom stereocenters. The zero-order chi connectivity index (χ0) is 11.2. The molecule has 3 rings (SSSR count). The molecule has 1 aliphatic heterocycles. The van der Waals surface area contributed by atoms with E-state index in [9.17, 15) is 8.42 Å². The van der Waals surface area contributed by atoms with Gasteiger partial charge in [0.1, 0.15) is 10.0 Å². The Hall–Kier alpha value is -0.530. The smallest absolute Gasteiger partial charge is 0.153 e. The van der Waals surface area contributed by atoms with Crippen molar-refractivity contribution < 1.29 is 8.42 Å². The summed E-state index contributed by atoms with van der Waals surface area (Å²) in [5, 5.41) is 13.3. The van der Waals surface area contributed by atoms with Crippen molar-refractivity contribution in [2.24, 2.45) is 0 Å². The highest BCUT2D eigenvalue weighted by atomic mass is 32.2. The fraction of sp³-hybridized carbons (Fsp3) is 0.778. The van der Waals surface area contributed by atoms with Gasteiger partial charge >= 0.3 is 0 Å². The van der Waals surface area contributed by atoms with Crippen LogP contribution < -0.4 is 5.32 Å². The Morgan fingerprint density at radius 1 is 1.25 bits per heavy atom. The summed E-state index contributed by atoms with van der Waals surface area (Å²) in [5.41, 5.74) is 0. The molecule has 1 aliphatic carbocycles. The average molecular weight is 259 g/mol. The summed E-state index contributed by atoms with van der Waals surface area (Å²) in [6.07, 6.45) is 2.40. The molecule has 0 spiro atoms. The molecule has 0 amide bonds. The fourth-order valence-corrected chi connectivity index (χ4v) is 4.40. The molecule has 1 N–H and O–H groups in total. The Bertz CT molecular complexity index is 493. The van der Waals surface area contributed by atoms with Crippen molar-refractivity contribution in [3.8, 4) is 0 Å². The Kier molecular flexibility index (Phi) is 2.49. The number of hydrogen-bond donors (Lipinski definition) is 1. The molecule has 1 unspecified atom stereocenters. The maximum atomic E-state index is 11.5. The summed E-state index contributed by atoms with van der Waals surface area (Å²) in [7, 11) is -2.90. The van der Waals surface area contributed by atoms with Crippen LogP contribution in [0.2, 0.25) is 0 Å². The number of hydrogen-bond acceptors (Lipinski definition) is 6. The minimum Gasteiger partial charge on any atom is -0.306 e. The molecular formula is C9H13N3O2S2. The second-order valence-electron chi connectivity index (χ2n) is 4.37. The predicted octanol–water partition coefficient (Wildman–Crippen LogP) is 0.475. The predicted molar refractivity (Wildman–Crippen MR) is 61.3 cm³/mol. The van der Waals surface area contributed by atoms with Crippen LogP contribution in [-0.4, -0.2) is 36.7 Å². The number of sulfone groups is 1. The van der Waals surface area contributed by atoms with Crippen LogP contribution in [0.5, 0.6) is 0 Å². The maximum Gasteiger partial charge on any atom is 0.153 e. The van der Waals surface area contributed by atoms with Crippen molar-refractivity contribution >= 4 is 21.2 Å². The molecular weight excluding hydrogens is 246 g/mol. The van der Waals surface area contributed by atoms with Gasteiger partial charge in [0.25, 0.3) is 0 Å². The lowest BCUT2D eigenvalue weighted by molar-refractivity contribution is 0.527. The molecule has 0 radical (unpaired) electrons. The molecule has 2 fully saturated rings. The quantitative estimate of drug-likeness (QED) is 0.836.